The second-order valence-electron chi connectivity index (χ2n) is 6.69. The molecule has 4 aromatic rings. The molecule has 0 bridgehead atoms. The van der Waals surface area contributed by atoms with Crippen molar-refractivity contribution in [2.24, 2.45) is 5.73 Å². The molecule has 0 aliphatic rings. The van der Waals surface area contributed by atoms with Crippen molar-refractivity contribution in [3.8, 4) is 11.1 Å². The molecule has 0 saturated heterocycles. The molecule has 0 unspecified atom stereocenters. The Hall–Kier alpha value is -3.66. The fraction of sp³-hybridized carbons (Fsp3) is 0.0833. The average molecular weight is 367 g/mol. The molecular weight excluding hydrogens is 348 g/mol. The van der Waals surface area contributed by atoms with Gasteiger partial charge in [-0.2, -0.15) is 0 Å². The van der Waals surface area contributed by atoms with Gasteiger partial charge in [-0.25, -0.2) is 0 Å². The summed E-state index contributed by atoms with van der Waals surface area (Å²) in [5.74, 6) is -1.64. The standard InChI is InChI=1S/C24H19N2O2/c1-16-22(23(27)24(25)28)20-13-7-8-14-21(20)26(16)15-18-11-5-6-12-19(18)17-9-3-2-4-10-17/h2-12,14H,15H2,1H3,(H2,25,28). The highest BCUT2D eigenvalue weighted by molar-refractivity contribution is 6.44. The fourth-order valence-corrected chi connectivity index (χ4v) is 3.68. The first kappa shape index (κ1) is 17.7. The van der Waals surface area contributed by atoms with E-state index in [-0.39, 0.29) is 0 Å². The Morgan fingerprint density at radius 3 is 2.43 bits per heavy atom. The molecule has 4 heteroatoms. The van der Waals surface area contributed by atoms with Crippen molar-refractivity contribution in [1.29, 1.82) is 0 Å². The molecule has 4 nitrogen and oxygen atoms in total. The number of hydrogen-bond acceptors (Lipinski definition) is 2. The van der Waals surface area contributed by atoms with Crippen LogP contribution in [0.1, 0.15) is 21.6 Å². The van der Waals surface area contributed by atoms with Gasteiger partial charge in [0, 0.05) is 23.1 Å². The second-order valence-corrected chi connectivity index (χ2v) is 6.69. The molecule has 0 aliphatic heterocycles. The van der Waals surface area contributed by atoms with Gasteiger partial charge in [-0.1, -0.05) is 66.7 Å². The lowest BCUT2D eigenvalue weighted by Gasteiger charge is -2.13. The number of hydrogen-bond donors (Lipinski definition) is 1. The topological polar surface area (TPSA) is 65.1 Å². The highest BCUT2D eigenvalue weighted by Gasteiger charge is 2.23. The summed E-state index contributed by atoms with van der Waals surface area (Å²) in [4.78, 5) is 24.0. The van der Waals surface area contributed by atoms with Gasteiger partial charge in [0.15, 0.2) is 0 Å². The first-order chi connectivity index (χ1) is 13.6. The van der Waals surface area contributed by atoms with Crippen LogP contribution in [-0.2, 0) is 11.3 Å². The molecule has 0 fully saturated rings. The number of ketones is 1. The largest absolute Gasteiger partial charge is 0.363 e. The number of rotatable bonds is 5. The minimum absolute atomic E-state index is 0.334. The van der Waals surface area contributed by atoms with Gasteiger partial charge in [0.25, 0.3) is 11.7 Å². The van der Waals surface area contributed by atoms with Crippen LogP contribution in [-0.4, -0.2) is 16.3 Å². The minimum atomic E-state index is -0.955. The van der Waals surface area contributed by atoms with Gasteiger partial charge < -0.3 is 10.3 Å². The van der Waals surface area contributed by atoms with Crippen LogP contribution in [0.2, 0.25) is 0 Å². The van der Waals surface area contributed by atoms with E-state index in [9.17, 15) is 9.59 Å². The molecule has 0 aliphatic carbocycles. The summed E-state index contributed by atoms with van der Waals surface area (Å²) in [6, 6.07) is 27.0. The van der Waals surface area contributed by atoms with Crippen LogP contribution < -0.4 is 5.73 Å². The number of nitrogens with zero attached hydrogens (tertiary/aromatic N) is 1. The zero-order chi connectivity index (χ0) is 19.7. The monoisotopic (exact) mass is 367 g/mol. The van der Waals surface area contributed by atoms with Gasteiger partial charge in [-0.3, -0.25) is 9.59 Å². The summed E-state index contributed by atoms with van der Waals surface area (Å²) in [5.41, 5.74) is 10.6. The van der Waals surface area contributed by atoms with Crippen LogP contribution in [0.4, 0.5) is 0 Å². The third-order valence-corrected chi connectivity index (χ3v) is 5.02. The third kappa shape index (κ3) is 2.99. The van der Waals surface area contributed by atoms with E-state index in [0.29, 0.717) is 23.2 Å². The molecule has 4 rings (SSSR count). The number of Topliss-reactive ketones (excluding diaryl/α,β-unsaturated/α-hetero) is 1. The molecule has 1 heterocycles. The Bertz CT molecular complexity index is 1190. The highest BCUT2D eigenvalue weighted by atomic mass is 16.2. The van der Waals surface area contributed by atoms with E-state index in [2.05, 4.69) is 30.3 Å². The number of benzene rings is 3. The summed E-state index contributed by atoms with van der Waals surface area (Å²) in [7, 11) is 0. The summed E-state index contributed by atoms with van der Waals surface area (Å²) in [5, 5.41) is 0.626. The van der Waals surface area contributed by atoms with Crippen molar-refractivity contribution < 1.29 is 9.59 Å². The average Bonchev–Trinajstić information content (AvgIpc) is 3.00. The van der Waals surface area contributed by atoms with Crippen molar-refractivity contribution >= 4 is 22.6 Å². The number of fused-ring (bicyclic) bond motifs is 1. The zero-order valence-corrected chi connectivity index (χ0v) is 15.5. The lowest BCUT2D eigenvalue weighted by molar-refractivity contribution is -0.114. The number of carbonyl (C=O) groups excluding carboxylic acids is 2. The minimum Gasteiger partial charge on any atom is -0.363 e. The molecule has 28 heavy (non-hydrogen) atoms. The molecule has 2 N–H and O–H groups in total. The van der Waals surface area contributed by atoms with E-state index >= 15 is 0 Å². The van der Waals surface area contributed by atoms with Gasteiger partial charge in [0.05, 0.1) is 5.56 Å². The maximum Gasteiger partial charge on any atom is 0.289 e. The highest BCUT2D eigenvalue weighted by Crippen LogP contribution is 2.30. The SMILES string of the molecule is Cc1c(C(=O)C(N)=O)c2[c]cccc2n1Cc1ccccc1-c1ccccc1. The summed E-state index contributed by atoms with van der Waals surface area (Å²) < 4.78 is 2.05. The Balaban J connectivity index is 1.88. The fourth-order valence-electron chi connectivity index (χ4n) is 3.68. The summed E-state index contributed by atoms with van der Waals surface area (Å²) in [6.07, 6.45) is 0. The van der Waals surface area contributed by atoms with Crippen LogP contribution in [0.25, 0.3) is 22.0 Å². The summed E-state index contributed by atoms with van der Waals surface area (Å²) >= 11 is 0. The van der Waals surface area contributed by atoms with E-state index in [1.54, 1.807) is 6.07 Å². The van der Waals surface area contributed by atoms with Crippen LogP contribution in [0.15, 0.2) is 72.8 Å². The van der Waals surface area contributed by atoms with E-state index in [1.807, 2.05) is 54.0 Å². The maximum atomic E-state index is 12.4. The van der Waals surface area contributed by atoms with Crippen molar-refractivity contribution in [3.63, 3.8) is 0 Å². The molecule has 3 aromatic carbocycles. The van der Waals surface area contributed by atoms with E-state index in [1.165, 1.54) is 0 Å². The first-order valence-corrected chi connectivity index (χ1v) is 9.05. The van der Waals surface area contributed by atoms with Crippen molar-refractivity contribution in [3.05, 3.63) is 95.7 Å². The van der Waals surface area contributed by atoms with Gasteiger partial charge in [-0.05, 0) is 35.7 Å². The molecule has 0 spiro atoms. The third-order valence-electron chi connectivity index (χ3n) is 5.02. The van der Waals surface area contributed by atoms with Crippen molar-refractivity contribution in [1.82, 2.24) is 4.57 Å². The predicted molar refractivity (Wildman–Crippen MR) is 110 cm³/mol. The van der Waals surface area contributed by atoms with Crippen molar-refractivity contribution in [2.75, 3.05) is 0 Å². The van der Waals surface area contributed by atoms with E-state index in [0.717, 1.165) is 22.2 Å². The predicted octanol–water partition coefficient (Wildman–Crippen LogP) is 4.13. The first-order valence-electron chi connectivity index (χ1n) is 9.05. The number of carbonyl (C=O) groups is 2. The van der Waals surface area contributed by atoms with Crippen LogP contribution in [0.5, 0.6) is 0 Å². The smallest absolute Gasteiger partial charge is 0.289 e. The quantitative estimate of drug-likeness (QED) is 0.426. The normalized spacial score (nSPS) is 10.9. The molecule has 137 valence electrons. The van der Waals surface area contributed by atoms with Gasteiger partial charge >= 0.3 is 0 Å². The number of aromatic nitrogens is 1. The van der Waals surface area contributed by atoms with E-state index in [4.69, 9.17) is 5.73 Å². The van der Waals surface area contributed by atoms with Crippen molar-refractivity contribution in [2.45, 2.75) is 13.5 Å². The summed E-state index contributed by atoms with van der Waals surface area (Å²) in [6.45, 7) is 2.41. The van der Waals surface area contributed by atoms with Crippen LogP contribution >= 0.6 is 0 Å². The van der Waals surface area contributed by atoms with Gasteiger partial charge in [0.1, 0.15) is 0 Å². The Labute approximate surface area is 163 Å². The van der Waals surface area contributed by atoms with E-state index < -0.39 is 11.7 Å². The number of amides is 1. The molecule has 0 saturated carbocycles. The number of nitrogens with two attached hydrogens (primary N) is 1. The van der Waals surface area contributed by atoms with Gasteiger partial charge in [0.2, 0.25) is 0 Å². The Kier molecular flexibility index (Phi) is 4.53. The second kappa shape index (κ2) is 7.16. The Morgan fingerprint density at radius 1 is 0.964 bits per heavy atom. The van der Waals surface area contributed by atoms with Crippen LogP contribution in [0, 0.1) is 13.0 Å². The molecule has 1 amide bonds. The number of primary amides is 1. The lowest BCUT2D eigenvalue weighted by Crippen LogP contribution is -2.23. The molecule has 0 atom stereocenters. The van der Waals surface area contributed by atoms with Crippen LogP contribution in [0.3, 0.4) is 0 Å². The molecular formula is C24H19N2O2. The molecule has 1 radical (unpaired) electrons. The lowest BCUT2D eigenvalue weighted by atomic mass is 9.99. The Morgan fingerprint density at radius 2 is 1.68 bits per heavy atom. The maximum absolute atomic E-state index is 12.4. The molecule has 1 aromatic heterocycles. The van der Waals surface area contributed by atoms with Gasteiger partial charge in [-0.15, -0.1) is 0 Å². The zero-order valence-electron chi connectivity index (χ0n) is 15.5.